The van der Waals surface area contributed by atoms with Crippen molar-refractivity contribution in [2.75, 3.05) is 12.5 Å². The molecule has 0 saturated carbocycles. The van der Waals surface area contributed by atoms with E-state index in [0.29, 0.717) is 21.4 Å². The minimum Gasteiger partial charge on any atom is -0.504 e. The molecule has 0 unspecified atom stereocenters. The zero-order chi connectivity index (χ0) is 14.5. The van der Waals surface area contributed by atoms with E-state index >= 15 is 0 Å². The topological polar surface area (TPSA) is 53.8 Å². The Morgan fingerprint density at radius 1 is 1.15 bits per heavy atom. The molecule has 2 N–H and O–H groups in total. The van der Waals surface area contributed by atoms with Crippen LogP contribution in [0.25, 0.3) is 0 Å². The van der Waals surface area contributed by atoms with Crippen LogP contribution in [0, 0.1) is 0 Å². The number of benzene rings is 2. The third-order valence-corrected chi connectivity index (χ3v) is 3.00. The Labute approximate surface area is 126 Å². The number of aromatic hydroxyl groups is 1. The van der Waals surface area contributed by atoms with Crippen LogP contribution in [0.15, 0.2) is 41.5 Å². The van der Waals surface area contributed by atoms with Crippen molar-refractivity contribution in [2.45, 2.75) is 0 Å². The van der Waals surface area contributed by atoms with Crippen molar-refractivity contribution in [3.05, 3.63) is 52.0 Å². The number of phenols is 1. The van der Waals surface area contributed by atoms with Gasteiger partial charge in [-0.2, -0.15) is 5.10 Å². The van der Waals surface area contributed by atoms with Crippen molar-refractivity contribution in [1.29, 1.82) is 0 Å². The van der Waals surface area contributed by atoms with E-state index < -0.39 is 0 Å². The molecule has 0 saturated heterocycles. The standard InChI is InChI=1S/C14H12Cl2N2O2/c1-20-13-7-11(16)6-9(14(13)19)8-17-18-12-4-2-10(15)3-5-12/h2-8,18-19H,1H3. The van der Waals surface area contributed by atoms with E-state index in [4.69, 9.17) is 27.9 Å². The lowest BCUT2D eigenvalue weighted by Gasteiger charge is -2.06. The number of hydrogen-bond acceptors (Lipinski definition) is 4. The summed E-state index contributed by atoms with van der Waals surface area (Å²) in [7, 11) is 1.46. The van der Waals surface area contributed by atoms with Gasteiger partial charge in [-0.25, -0.2) is 0 Å². The highest BCUT2D eigenvalue weighted by Gasteiger charge is 2.08. The molecule has 2 rings (SSSR count). The van der Waals surface area contributed by atoms with Crippen LogP contribution in [0.4, 0.5) is 5.69 Å². The van der Waals surface area contributed by atoms with Crippen LogP contribution in [0.2, 0.25) is 10.0 Å². The molecule has 104 valence electrons. The van der Waals surface area contributed by atoms with Crippen LogP contribution in [0.3, 0.4) is 0 Å². The van der Waals surface area contributed by atoms with Crippen molar-refractivity contribution in [3.8, 4) is 11.5 Å². The van der Waals surface area contributed by atoms with E-state index in [-0.39, 0.29) is 5.75 Å². The van der Waals surface area contributed by atoms with Gasteiger partial charge in [-0.15, -0.1) is 0 Å². The number of methoxy groups -OCH3 is 1. The molecular formula is C14H12Cl2N2O2. The molecule has 2 aromatic carbocycles. The van der Waals surface area contributed by atoms with Crippen LogP contribution >= 0.6 is 23.2 Å². The smallest absolute Gasteiger partial charge is 0.166 e. The minimum atomic E-state index is -0.0152. The number of rotatable bonds is 4. The predicted molar refractivity (Wildman–Crippen MR) is 82.3 cm³/mol. The van der Waals surface area contributed by atoms with E-state index in [0.717, 1.165) is 5.69 Å². The van der Waals surface area contributed by atoms with Crippen molar-refractivity contribution in [1.82, 2.24) is 0 Å². The van der Waals surface area contributed by atoms with Crippen molar-refractivity contribution >= 4 is 35.1 Å². The Bertz CT molecular complexity index is 628. The SMILES string of the molecule is COc1cc(Cl)cc(C=NNc2ccc(Cl)cc2)c1O. The first-order chi connectivity index (χ1) is 9.60. The maximum atomic E-state index is 9.93. The average Bonchev–Trinajstić information content (AvgIpc) is 2.44. The zero-order valence-corrected chi connectivity index (χ0v) is 12.1. The number of nitrogens with one attached hydrogen (secondary N) is 1. The number of hydrazone groups is 1. The van der Waals surface area contributed by atoms with Crippen molar-refractivity contribution in [2.24, 2.45) is 5.10 Å². The van der Waals surface area contributed by atoms with Crippen LogP contribution < -0.4 is 10.2 Å². The first-order valence-corrected chi connectivity index (χ1v) is 6.47. The van der Waals surface area contributed by atoms with Gasteiger partial charge in [-0.05, 0) is 30.3 Å². The van der Waals surface area contributed by atoms with Gasteiger partial charge in [0, 0.05) is 21.7 Å². The van der Waals surface area contributed by atoms with Gasteiger partial charge < -0.3 is 9.84 Å². The number of anilines is 1. The number of phenolic OH excluding ortho intramolecular Hbond substituents is 1. The molecular weight excluding hydrogens is 299 g/mol. The van der Waals surface area contributed by atoms with E-state index in [1.807, 2.05) is 0 Å². The molecule has 6 heteroatoms. The number of ether oxygens (including phenoxy) is 1. The van der Waals surface area contributed by atoms with E-state index in [1.165, 1.54) is 19.4 Å². The Morgan fingerprint density at radius 2 is 1.85 bits per heavy atom. The number of halogens is 2. The Morgan fingerprint density at radius 3 is 2.50 bits per heavy atom. The average molecular weight is 311 g/mol. The second kappa shape index (κ2) is 6.50. The highest BCUT2D eigenvalue weighted by Crippen LogP contribution is 2.32. The fourth-order valence-electron chi connectivity index (χ4n) is 1.55. The van der Waals surface area contributed by atoms with Crippen LogP contribution in [0.1, 0.15) is 5.56 Å². The summed E-state index contributed by atoms with van der Waals surface area (Å²) in [6.07, 6.45) is 1.46. The van der Waals surface area contributed by atoms with E-state index in [2.05, 4.69) is 10.5 Å². The summed E-state index contributed by atoms with van der Waals surface area (Å²) in [5.74, 6) is 0.281. The molecule has 0 aliphatic carbocycles. The fourth-order valence-corrected chi connectivity index (χ4v) is 1.89. The first kappa shape index (κ1) is 14.5. The molecule has 0 radical (unpaired) electrons. The summed E-state index contributed by atoms with van der Waals surface area (Å²) in [6, 6.07) is 10.2. The van der Waals surface area contributed by atoms with Crippen LogP contribution in [-0.4, -0.2) is 18.4 Å². The monoisotopic (exact) mass is 310 g/mol. The second-order valence-corrected chi connectivity index (χ2v) is 4.80. The molecule has 0 fully saturated rings. The van der Waals surface area contributed by atoms with Crippen LogP contribution in [-0.2, 0) is 0 Å². The van der Waals surface area contributed by atoms with Crippen molar-refractivity contribution < 1.29 is 9.84 Å². The van der Waals surface area contributed by atoms with Gasteiger partial charge in [0.2, 0.25) is 0 Å². The number of nitrogens with zero attached hydrogens (tertiary/aromatic N) is 1. The molecule has 0 aliphatic heterocycles. The Hall–Kier alpha value is -1.91. The molecule has 0 aliphatic rings. The number of hydrogen-bond donors (Lipinski definition) is 2. The maximum Gasteiger partial charge on any atom is 0.166 e. The van der Waals surface area contributed by atoms with Gasteiger partial charge in [0.1, 0.15) is 0 Å². The lowest BCUT2D eigenvalue weighted by Crippen LogP contribution is -1.93. The van der Waals surface area contributed by atoms with E-state index in [1.54, 1.807) is 30.3 Å². The molecule has 0 atom stereocenters. The second-order valence-electron chi connectivity index (χ2n) is 3.92. The summed E-state index contributed by atoms with van der Waals surface area (Å²) in [5, 5.41) is 15.1. The molecule has 20 heavy (non-hydrogen) atoms. The Kier molecular flexibility index (Phi) is 4.71. The first-order valence-electron chi connectivity index (χ1n) is 5.71. The fraction of sp³-hybridized carbons (Fsp3) is 0.0714. The summed E-state index contributed by atoms with van der Waals surface area (Å²) < 4.78 is 5.01. The Balaban J connectivity index is 2.15. The van der Waals surface area contributed by atoms with E-state index in [9.17, 15) is 5.11 Å². The molecule has 2 aromatic rings. The van der Waals surface area contributed by atoms with Gasteiger partial charge >= 0.3 is 0 Å². The van der Waals surface area contributed by atoms with Gasteiger partial charge in [0.05, 0.1) is 19.0 Å². The normalized spacial score (nSPS) is 10.8. The third kappa shape index (κ3) is 3.56. The summed E-state index contributed by atoms with van der Waals surface area (Å²) in [5.41, 5.74) is 4.05. The molecule has 0 bridgehead atoms. The lowest BCUT2D eigenvalue weighted by molar-refractivity contribution is 0.373. The zero-order valence-electron chi connectivity index (χ0n) is 10.6. The quantitative estimate of drug-likeness (QED) is 0.658. The highest BCUT2D eigenvalue weighted by atomic mass is 35.5. The van der Waals surface area contributed by atoms with Crippen molar-refractivity contribution in [3.63, 3.8) is 0 Å². The highest BCUT2D eigenvalue weighted by molar-refractivity contribution is 6.31. The van der Waals surface area contributed by atoms with Crippen LogP contribution in [0.5, 0.6) is 11.5 Å². The minimum absolute atomic E-state index is 0.0152. The molecule has 0 spiro atoms. The summed E-state index contributed by atoms with van der Waals surface area (Å²) in [4.78, 5) is 0. The molecule has 0 heterocycles. The maximum absolute atomic E-state index is 9.93. The third-order valence-electron chi connectivity index (χ3n) is 2.53. The molecule has 4 nitrogen and oxygen atoms in total. The summed E-state index contributed by atoms with van der Waals surface area (Å²) in [6.45, 7) is 0. The van der Waals surface area contributed by atoms with Gasteiger partial charge in [0.25, 0.3) is 0 Å². The lowest BCUT2D eigenvalue weighted by atomic mass is 10.2. The van der Waals surface area contributed by atoms with Gasteiger partial charge in [-0.1, -0.05) is 23.2 Å². The predicted octanol–water partition coefficient (Wildman–Crippen LogP) is 4.15. The molecule has 0 aromatic heterocycles. The van der Waals surface area contributed by atoms with Gasteiger partial charge in [0.15, 0.2) is 11.5 Å². The summed E-state index contributed by atoms with van der Waals surface area (Å²) >= 11 is 11.7. The molecule has 0 amide bonds. The largest absolute Gasteiger partial charge is 0.504 e. The van der Waals surface area contributed by atoms with Gasteiger partial charge in [-0.3, -0.25) is 5.43 Å².